The third-order valence-electron chi connectivity index (χ3n) is 6.53. The van der Waals surface area contributed by atoms with Gasteiger partial charge in [-0.2, -0.15) is 0 Å². The average molecular weight is 443 g/mol. The van der Waals surface area contributed by atoms with E-state index in [1.165, 1.54) is 99.4 Å². The van der Waals surface area contributed by atoms with E-state index in [1.807, 2.05) is 12.4 Å². The quantitative estimate of drug-likeness (QED) is 0.219. The number of hydrogen-bond acceptors (Lipinski definition) is 2. The summed E-state index contributed by atoms with van der Waals surface area (Å²) in [6.45, 7) is 4.53. The lowest BCUT2D eigenvalue weighted by Crippen LogP contribution is -1.92. The van der Waals surface area contributed by atoms with Gasteiger partial charge < -0.3 is 0 Å². The summed E-state index contributed by atoms with van der Waals surface area (Å²) in [6, 6.07) is 17.6. The maximum atomic E-state index is 4.72. The molecule has 0 unspecified atom stereocenters. The number of rotatable bonds is 15. The molecule has 0 saturated heterocycles. The third-order valence-corrected chi connectivity index (χ3v) is 6.53. The van der Waals surface area contributed by atoms with Crippen LogP contribution in [0.25, 0.3) is 22.4 Å². The van der Waals surface area contributed by atoms with Gasteiger partial charge in [-0.05, 0) is 55.0 Å². The van der Waals surface area contributed by atoms with E-state index in [2.05, 4.69) is 67.4 Å². The van der Waals surface area contributed by atoms with Gasteiger partial charge in [-0.15, -0.1) is 0 Å². The summed E-state index contributed by atoms with van der Waals surface area (Å²) in [5, 5.41) is 0. The average Bonchev–Trinajstić information content (AvgIpc) is 2.87. The van der Waals surface area contributed by atoms with Crippen LogP contribution in [-0.4, -0.2) is 9.97 Å². The summed E-state index contributed by atoms with van der Waals surface area (Å²) < 4.78 is 0. The van der Waals surface area contributed by atoms with Crippen molar-refractivity contribution in [1.82, 2.24) is 9.97 Å². The summed E-state index contributed by atoms with van der Waals surface area (Å²) in [4.78, 5) is 9.40. The van der Waals surface area contributed by atoms with Crippen molar-refractivity contribution >= 4 is 0 Å². The molecule has 0 aliphatic carbocycles. The molecule has 0 atom stereocenters. The molecule has 176 valence electrons. The van der Waals surface area contributed by atoms with Crippen LogP contribution < -0.4 is 0 Å². The molecule has 0 amide bonds. The minimum atomic E-state index is 0.987. The molecule has 0 fully saturated rings. The van der Waals surface area contributed by atoms with Crippen LogP contribution in [0.15, 0.2) is 60.9 Å². The summed E-state index contributed by atoms with van der Waals surface area (Å²) in [5.74, 6) is 0. The Balaban J connectivity index is 1.48. The van der Waals surface area contributed by atoms with Gasteiger partial charge in [0, 0.05) is 29.2 Å². The Morgan fingerprint density at radius 3 is 1.67 bits per heavy atom. The van der Waals surface area contributed by atoms with Crippen LogP contribution in [0.5, 0.6) is 0 Å². The second-order valence-electron chi connectivity index (χ2n) is 9.35. The van der Waals surface area contributed by atoms with Crippen LogP contribution in [-0.2, 0) is 12.8 Å². The number of pyridine rings is 2. The number of benzene rings is 1. The number of nitrogens with zero attached hydrogens (tertiary/aromatic N) is 2. The Morgan fingerprint density at radius 1 is 0.485 bits per heavy atom. The Bertz CT molecular complexity index is 895. The monoisotopic (exact) mass is 442 g/mol. The summed E-state index contributed by atoms with van der Waals surface area (Å²) in [5.41, 5.74) is 7.10. The van der Waals surface area contributed by atoms with Crippen LogP contribution in [0, 0.1) is 0 Å². The van der Waals surface area contributed by atoms with Crippen LogP contribution in [0.3, 0.4) is 0 Å². The van der Waals surface area contributed by atoms with Gasteiger partial charge in [-0.25, -0.2) is 0 Å². The van der Waals surface area contributed by atoms with Crippen molar-refractivity contribution in [3.05, 3.63) is 72.2 Å². The highest BCUT2D eigenvalue weighted by molar-refractivity contribution is 5.66. The predicted octanol–water partition coefficient (Wildman–Crippen LogP) is 9.23. The van der Waals surface area contributed by atoms with Crippen molar-refractivity contribution < 1.29 is 0 Å². The van der Waals surface area contributed by atoms with Crippen molar-refractivity contribution in [2.45, 2.75) is 97.3 Å². The van der Waals surface area contributed by atoms with Gasteiger partial charge in [0.05, 0.1) is 5.69 Å². The maximum absolute atomic E-state index is 4.72. The Hall–Kier alpha value is -2.48. The molecule has 1 aromatic carbocycles. The first-order chi connectivity index (χ1) is 16.3. The zero-order valence-corrected chi connectivity index (χ0v) is 20.9. The summed E-state index contributed by atoms with van der Waals surface area (Å²) in [6.07, 6.45) is 20.8. The van der Waals surface area contributed by atoms with Gasteiger partial charge in [0.2, 0.25) is 0 Å². The smallest absolute Gasteiger partial charge is 0.0717 e. The molecule has 2 nitrogen and oxygen atoms in total. The highest BCUT2D eigenvalue weighted by atomic mass is 14.7. The van der Waals surface area contributed by atoms with Crippen LogP contribution in [0.1, 0.15) is 95.7 Å². The molecule has 3 rings (SSSR count). The van der Waals surface area contributed by atoms with Crippen molar-refractivity contribution in [3.8, 4) is 22.4 Å². The number of hydrogen-bond donors (Lipinski definition) is 0. The second kappa shape index (κ2) is 14.6. The van der Waals surface area contributed by atoms with Crippen molar-refractivity contribution in [2.24, 2.45) is 0 Å². The van der Waals surface area contributed by atoms with E-state index in [0.29, 0.717) is 0 Å². The molecule has 2 heteroatoms. The minimum Gasteiger partial charge on any atom is -0.261 e. The third kappa shape index (κ3) is 8.76. The van der Waals surface area contributed by atoms with Gasteiger partial charge in [-0.1, -0.05) is 102 Å². The summed E-state index contributed by atoms with van der Waals surface area (Å²) >= 11 is 0. The van der Waals surface area contributed by atoms with Crippen LogP contribution in [0.4, 0.5) is 0 Å². The number of aryl methyl sites for hydroxylation is 2. The molecular formula is C31H42N2. The van der Waals surface area contributed by atoms with E-state index >= 15 is 0 Å². The molecule has 0 radical (unpaired) electrons. The molecule has 2 aromatic heterocycles. The maximum Gasteiger partial charge on any atom is 0.0717 e. The van der Waals surface area contributed by atoms with E-state index in [1.54, 1.807) is 0 Å². The molecule has 2 heterocycles. The standard InChI is InChI=1S/C31H42N2/c1-3-5-7-9-11-13-15-30-22-20-29(25-32-30)31-23-21-28(24-33-31)27-18-16-26(17-19-27)14-12-10-8-6-4-2/h16-25H,3-15H2,1-2H3. The lowest BCUT2D eigenvalue weighted by atomic mass is 10.0. The highest BCUT2D eigenvalue weighted by Gasteiger charge is 2.04. The molecule has 0 aliphatic rings. The predicted molar refractivity (Wildman–Crippen MR) is 142 cm³/mol. The number of unbranched alkanes of at least 4 members (excludes halogenated alkanes) is 9. The van der Waals surface area contributed by atoms with E-state index in [9.17, 15) is 0 Å². The fraction of sp³-hybridized carbons (Fsp3) is 0.484. The molecule has 3 aromatic rings. The van der Waals surface area contributed by atoms with Crippen LogP contribution >= 0.6 is 0 Å². The van der Waals surface area contributed by atoms with E-state index < -0.39 is 0 Å². The van der Waals surface area contributed by atoms with Crippen molar-refractivity contribution in [2.75, 3.05) is 0 Å². The first kappa shape index (κ1) is 25.1. The topological polar surface area (TPSA) is 25.8 Å². The molecule has 0 N–H and O–H groups in total. The van der Waals surface area contributed by atoms with Crippen molar-refractivity contribution in [1.29, 1.82) is 0 Å². The fourth-order valence-corrected chi connectivity index (χ4v) is 4.34. The number of aromatic nitrogens is 2. The minimum absolute atomic E-state index is 0.987. The van der Waals surface area contributed by atoms with Gasteiger partial charge in [-0.3, -0.25) is 9.97 Å². The van der Waals surface area contributed by atoms with Crippen LogP contribution in [0.2, 0.25) is 0 Å². The van der Waals surface area contributed by atoms with Crippen molar-refractivity contribution in [3.63, 3.8) is 0 Å². The SMILES string of the molecule is CCCCCCCCc1ccc(-c2ccc(-c3ccc(CCCCCCC)cc3)cn2)cn1. The largest absolute Gasteiger partial charge is 0.261 e. The molecule has 0 aliphatic heterocycles. The van der Waals surface area contributed by atoms with E-state index in [4.69, 9.17) is 4.98 Å². The molecule has 0 bridgehead atoms. The van der Waals surface area contributed by atoms with Gasteiger partial charge in [0.15, 0.2) is 0 Å². The normalized spacial score (nSPS) is 11.1. The molecule has 33 heavy (non-hydrogen) atoms. The van der Waals surface area contributed by atoms with Gasteiger partial charge in [0.25, 0.3) is 0 Å². The molecule has 0 saturated carbocycles. The van der Waals surface area contributed by atoms with E-state index in [0.717, 1.165) is 17.7 Å². The second-order valence-corrected chi connectivity index (χ2v) is 9.35. The lowest BCUT2D eigenvalue weighted by molar-refractivity contribution is 0.605. The lowest BCUT2D eigenvalue weighted by Gasteiger charge is -2.07. The summed E-state index contributed by atoms with van der Waals surface area (Å²) in [7, 11) is 0. The highest BCUT2D eigenvalue weighted by Crippen LogP contribution is 2.23. The molecule has 0 spiro atoms. The zero-order chi connectivity index (χ0) is 23.1. The first-order valence-electron chi connectivity index (χ1n) is 13.3. The zero-order valence-electron chi connectivity index (χ0n) is 20.9. The Morgan fingerprint density at radius 2 is 1.06 bits per heavy atom. The molecular weight excluding hydrogens is 400 g/mol. The van der Waals surface area contributed by atoms with E-state index in [-0.39, 0.29) is 0 Å². The fourth-order valence-electron chi connectivity index (χ4n) is 4.34. The Kier molecular flexibility index (Phi) is 11.1. The first-order valence-corrected chi connectivity index (χ1v) is 13.3. The van der Waals surface area contributed by atoms with Gasteiger partial charge in [0.1, 0.15) is 0 Å². The van der Waals surface area contributed by atoms with Gasteiger partial charge >= 0.3 is 0 Å². The Labute approximate surface area is 201 Å².